The molecule has 0 aliphatic rings. The van der Waals surface area contributed by atoms with Gasteiger partial charge in [-0.15, -0.1) is 0 Å². The lowest BCUT2D eigenvalue weighted by molar-refractivity contribution is 0.598. The molecule has 0 bridgehead atoms. The number of rotatable bonds is 3. The van der Waals surface area contributed by atoms with Gasteiger partial charge in [0.1, 0.15) is 0 Å². The summed E-state index contributed by atoms with van der Waals surface area (Å²) < 4.78 is 27.7. The van der Waals surface area contributed by atoms with Crippen molar-refractivity contribution >= 4 is 39.4 Å². The lowest BCUT2D eigenvalue weighted by Crippen LogP contribution is -1.97. The maximum absolute atomic E-state index is 12.0. The third-order valence-corrected chi connectivity index (χ3v) is 4.59. The van der Waals surface area contributed by atoms with Gasteiger partial charge >= 0.3 is 0 Å². The molecular formula is C14H11Cl2NO2S. The molecule has 0 saturated carbocycles. The maximum atomic E-state index is 12.0. The van der Waals surface area contributed by atoms with Crippen molar-refractivity contribution in [1.29, 1.82) is 0 Å². The van der Waals surface area contributed by atoms with Gasteiger partial charge in [-0.25, -0.2) is 0 Å². The summed E-state index contributed by atoms with van der Waals surface area (Å²) in [6.07, 6.45) is 1.25. The summed E-state index contributed by atoms with van der Waals surface area (Å²) in [4.78, 5) is 0.152. The Kier molecular flexibility index (Phi) is 4.48. The number of sulfonamides is 1. The van der Waals surface area contributed by atoms with E-state index in [2.05, 4.69) is 4.40 Å². The van der Waals surface area contributed by atoms with Crippen molar-refractivity contribution in [3.8, 4) is 0 Å². The third kappa shape index (κ3) is 3.60. The van der Waals surface area contributed by atoms with E-state index >= 15 is 0 Å². The molecule has 0 aromatic heterocycles. The molecule has 0 amide bonds. The molecule has 2 aromatic rings. The SMILES string of the molecule is Cc1ccc(S(=O)(=O)N=Cc2ccc(Cl)c(Cl)c2)cc1. The lowest BCUT2D eigenvalue weighted by Gasteiger charge is -2.00. The van der Waals surface area contributed by atoms with Crippen LogP contribution in [0.25, 0.3) is 0 Å². The van der Waals surface area contributed by atoms with Crippen molar-refractivity contribution < 1.29 is 8.42 Å². The van der Waals surface area contributed by atoms with Crippen molar-refractivity contribution in [2.24, 2.45) is 4.40 Å². The van der Waals surface area contributed by atoms with Crippen LogP contribution in [-0.4, -0.2) is 14.6 Å². The van der Waals surface area contributed by atoms with Gasteiger partial charge in [0.25, 0.3) is 10.0 Å². The minimum Gasteiger partial charge on any atom is -0.199 e. The highest BCUT2D eigenvalue weighted by Crippen LogP contribution is 2.22. The van der Waals surface area contributed by atoms with E-state index < -0.39 is 10.0 Å². The van der Waals surface area contributed by atoms with E-state index in [4.69, 9.17) is 23.2 Å². The number of hydrogen-bond donors (Lipinski definition) is 0. The van der Waals surface area contributed by atoms with Gasteiger partial charge < -0.3 is 0 Å². The number of hydrogen-bond acceptors (Lipinski definition) is 2. The predicted octanol–water partition coefficient (Wildman–Crippen LogP) is 4.11. The smallest absolute Gasteiger partial charge is 0.199 e. The summed E-state index contributed by atoms with van der Waals surface area (Å²) in [5.74, 6) is 0. The minimum atomic E-state index is -3.70. The zero-order valence-corrected chi connectivity index (χ0v) is 12.9. The van der Waals surface area contributed by atoms with Crippen LogP contribution in [0.4, 0.5) is 0 Å². The molecule has 104 valence electrons. The van der Waals surface area contributed by atoms with Gasteiger partial charge in [-0.2, -0.15) is 12.8 Å². The van der Waals surface area contributed by atoms with Crippen LogP contribution in [0.15, 0.2) is 51.8 Å². The quantitative estimate of drug-likeness (QED) is 0.796. The van der Waals surface area contributed by atoms with Crippen LogP contribution in [0, 0.1) is 6.92 Å². The van der Waals surface area contributed by atoms with Gasteiger partial charge in [0.05, 0.1) is 14.9 Å². The largest absolute Gasteiger partial charge is 0.282 e. The second kappa shape index (κ2) is 5.95. The maximum Gasteiger partial charge on any atom is 0.282 e. The van der Waals surface area contributed by atoms with E-state index in [1.165, 1.54) is 18.3 Å². The molecule has 6 heteroatoms. The first-order valence-electron chi connectivity index (χ1n) is 5.70. The Morgan fingerprint density at radius 2 is 1.65 bits per heavy atom. The highest BCUT2D eigenvalue weighted by molar-refractivity contribution is 7.90. The molecule has 0 N–H and O–H groups in total. The molecule has 3 nitrogen and oxygen atoms in total. The second-order valence-electron chi connectivity index (χ2n) is 4.20. The Morgan fingerprint density at radius 3 is 2.25 bits per heavy atom. The molecule has 0 radical (unpaired) electrons. The molecule has 2 aromatic carbocycles. The second-order valence-corrected chi connectivity index (χ2v) is 6.64. The first-order chi connectivity index (χ1) is 9.38. The van der Waals surface area contributed by atoms with Crippen molar-refractivity contribution in [2.75, 3.05) is 0 Å². The number of benzene rings is 2. The van der Waals surface area contributed by atoms with Gasteiger partial charge in [0.15, 0.2) is 0 Å². The van der Waals surface area contributed by atoms with Crippen LogP contribution < -0.4 is 0 Å². The van der Waals surface area contributed by atoms with Gasteiger partial charge in [-0.1, -0.05) is 47.0 Å². The number of aryl methyl sites for hydroxylation is 1. The highest BCUT2D eigenvalue weighted by Gasteiger charge is 2.10. The zero-order valence-electron chi connectivity index (χ0n) is 10.5. The van der Waals surface area contributed by atoms with E-state index in [0.717, 1.165) is 5.56 Å². The molecule has 20 heavy (non-hydrogen) atoms. The molecule has 0 spiro atoms. The van der Waals surface area contributed by atoms with E-state index in [0.29, 0.717) is 15.6 Å². The van der Waals surface area contributed by atoms with Crippen LogP contribution in [-0.2, 0) is 10.0 Å². The fourth-order valence-corrected chi connectivity index (χ4v) is 2.66. The normalized spacial score (nSPS) is 11.9. The molecule has 0 saturated heterocycles. The number of halogens is 2. The summed E-state index contributed by atoms with van der Waals surface area (Å²) in [7, 11) is -3.70. The van der Waals surface area contributed by atoms with E-state index in [1.807, 2.05) is 6.92 Å². The first kappa shape index (κ1) is 15.0. The highest BCUT2D eigenvalue weighted by atomic mass is 35.5. The topological polar surface area (TPSA) is 46.5 Å². The van der Waals surface area contributed by atoms with Gasteiger partial charge in [0, 0.05) is 6.21 Å². The van der Waals surface area contributed by atoms with Crippen molar-refractivity contribution in [3.05, 3.63) is 63.6 Å². The summed E-state index contributed by atoms with van der Waals surface area (Å²) >= 11 is 11.6. The third-order valence-electron chi connectivity index (χ3n) is 2.60. The molecule has 0 unspecified atom stereocenters. The average molecular weight is 328 g/mol. The molecule has 0 heterocycles. The van der Waals surface area contributed by atoms with Crippen LogP contribution >= 0.6 is 23.2 Å². The monoisotopic (exact) mass is 327 g/mol. The molecule has 0 fully saturated rings. The summed E-state index contributed by atoms with van der Waals surface area (Å²) in [6, 6.07) is 11.3. The lowest BCUT2D eigenvalue weighted by atomic mass is 10.2. The Balaban J connectivity index is 2.29. The van der Waals surface area contributed by atoms with E-state index in [1.54, 1.807) is 30.3 Å². The predicted molar refractivity (Wildman–Crippen MR) is 82.4 cm³/mol. The van der Waals surface area contributed by atoms with Gasteiger partial charge in [0.2, 0.25) is 0 Å². The Morgan fingerprint density at radius 1 is 1.00 bits per heavy atom. The van der Waals surface area contributed by atoms with Crippen molar-refractivity contribution in [3.63, 3.8) is 0 Å². The molecule has 0 aliphatic heterocycles. The molecule has 0 aliphatic carbocycles. The standard InChI is InChI=1S/C14H11Cl2NO2S/c1-10-2-5-12(6-3-10)20(18,19)17-9-11-4-7-13(15)14(16)8-11/h2-9H,1H3. The Bertz CT molecular complexity index is 753. The van der Waals surface area contributed by atoms with Gasteiger partial charge in [-0.05, 0) is 36.8 Å². The Hall–Kier alpha value is -1.36. The van der Waals surface area contributed by atoms with Crippen molar-refractivity contribution in [2.45, 2.75) is 11.8 Å². The summed E-state index contributed by atoms with van der Waals surface area (Å²) in [6.45, 7) is 1.88. The van der Waals surface area contributed by atoms with Crippen LogP contribution in [0.1, 0.15) is 11.1 Å². The minimum absolute atomic E-state index is 0.152. The van der Waals surface area contributed by atoms with E-state index in [-0.39, 0.29) is 4.90 Å². The fraction of sp³-hybridized carbons (Fsp3) is 0.0714. The van der Waals surface area contributed by atoms with Crippen LogP contribution in [0.3, 0.4) is 0 Å². The Labute approximate surface area is 127 Å². The van der Waals surface area contributed by atoms with Crippen molar-refractivity contribution in [1.82, 2.24) is 0 Å². The van der Waals surface area contributed by atoms with Crippen LogP contribution in [0.5, 0.6) is 0 Å². The summed E-state index contributed by atoms with van der Waals surface area (Å²) in [5, 5.41) is 0.758. The van der Waals surface area contributed by atoms with Gasteiger partial charge in [-0.3, -0.25) is 0 Å². The molecule has 2 rings (SSSR count). The average Bonchev–Trinajstić information content (AvgIpc) is 2.41. The molecular weight excluding hydrogens is 317 g/mol. The number of nitrogens with zero attached hydrogens (tertiary/aromatic N) is 1. The molecule has 0 atom stereocenters. The summed E-state index contributed by atoms with van der Waals surface area (Å²) in [5.41, 5.74) is 1.55. The first-order valence-corrected chi connectivity index (χ1v) is 7.90. The van der Waals surface area contributed by atoms with E-state index in [9.17, 15) is 8.42 Å². The fourth-order valence-electron chi connectivity index (χ4n) is 1.49. The van der Waals surface area contributed by atoms with Crippen LogP contribution in [0.2, 0.25) is 10.0 Å². The zero-order chi connectivity index (χ0) is 14.8.